The standard InChI is InChI=1S/C15H16ClN3O3S/c1-9(20)8-12-17-14(23-19-12)18-13(21)15(2,3)22-11-6-4-10(16)5-7-11/h4-7H,8H2,1-3H3,(H,17,18,19,21). The molecular weight excluding hydrogens is 338 g/mol. The van der Waals surface area contributed by atoms with Crippen LogP contribution < -0.4 is 10.1 Å². The van der Waals surface area contributed by atoms with Crippen molar-refractivity contribution in [2.75, 3.05) is 5.32 Å². The molecule has 6 nitrogen and oxygen atoms in total. The van der Waals surface area contributed by atoms with Gasteiger partial charge in [-0.25, -0.2) is 4.98 Å². The van der Waals surface area contributed by atoms with Gasteiger partial charge in [-0.15, -0.1) is 0 Å². The maximum atomic E-state index is 12.3. The van der Waals surface area contributed by atoms with Gasteiger partial charge >= 0.3 is 0 Å². The number of benzene rings is 1. The van der Waals surface area contributed by atoms with Gasteiger partial charge in [-0.05, 0) is 45.0 Å². The molecule has 0 aliphatic rings. The van der Waals surface area contributed by atoms with Crippen molar-refractivity contribution in [3.63, 3.8) is 0 Å². The third-order valence-electron chi connectivity index (χ3n) is 2.83. The van der Waals surface area contributed by atoms with E-state index in [0.717, 1.165) is 11.5 Å². The largest absolute Gasteiger partial charge is 0.478 e. The highest BCUT2D eigenvalue weighted by Crippen LogP contribution is 2.22. The summed E-state index contributed by atoms with van der Waals surface area (Å²) < 4.78 is 9.72. The molecule has 0 saturated heterocycles. The van der Waals surface area contributed by atoms with Crippen LogP contribution in [-0.4, -0.2) is 26.6 Å². The van der Waals surface area contributed by atoms with Gasteiger partial charge in [0.05, 0.1) is 6.42 Å². The maximum Gasteiger partial charge on any atom is 0.269 e. The minimum atomic E-state index is -1.11. The average Bonchev–Trinajstić information content (AvgIpc) is 2.87. The summed E-state index contributed by atoms with van der Waals surface area (Å²) in [5, 5.41) is 3.57. The Bertz CT molecular complexity index is 713. The normalized spacial score (nSPS) is 11.1. The zero-order valence-corrected chi connectivity index (χ0v) is 14.5. The molecule has 0 bridgehead atoms. The number of nitrogens with zero attached hydrogens (tertiary/aromatic N) is 2. The molecular formula is C15H16ClN3O3S. The molecule has 23 heavy (non-hydrogen) atoms. The number of rotatable bonds is 6. The first-order valence-electron chi connectivity index (χ1n) is 6.84. The second-order valence-electron chi connectivity index (χ2n) is 5.41. The number of Topliss-reactive ketones (excluding diaryl/α,β-unsaturated/α-hetero) is 1. The summed E-state index contributed by atoms with van der Waals surface area (Å²) in [6, 6.07) is 6.74. The highest BCUT2D eigenvalue weighted by Gasteiger charge is 2.31. The molecule has 1 aromatic carbocycles. The molecule has 0 radical (unpaired) electrons. The van der Waals surface area contributed by atoms with E-state index >= 15 is 0 Å². The SMILES string of the molecule is CC(=O)Cc1nsc(NC(=O)C(C)(C)Oc2ccc(Cl)cc2)n1. The number of nitrogens with one attached hydrogen (secondary N) is 1. The summed E-state index contributed by atoms with van der Waals surface area (Å²) in [5.74, 6) is 0.531. The zero-order valence-electron chi connectivity index (χ0n) is 12.9. The first kappa shape index (κ1) is 17.4. The number of anilines is 1. The third kappa shape index (κ3) is 5.01. The quantitative estimate of drug-likeness (QED) is 0.862. The van der Waals surface area contributed by atoms with Crippen molar-refractivity contribution in [1.29, 1.82) is 0 Å². The molecule has 0 aliphatic heterocycles. The van der Waals surface area contributed by atoms with Gasteiger partial charge in [0.1, 0.15) is 11.5 Å². The Morgan fingerprint density at radius 3 is 2.57 bits per heavy atom. The summed E-state index contributed by atoms with van der Waals surface area (Å²) in [7, 11) is 0. The fraction of sp³-hybridized carbons (Fsp3) is 0.333. The first-order valence-corrected chi connectivity index (χ1v) is 7.99. The highest BCUT2D eigenvalue weighted by atomic mass is 35.5. The van der Waals surface area contributed by atoms with E-state index in [1.807, 2.05) is 0 Å². The van der Waals surface area contributed by atoms with Gasteiger partial charge in [-0.2, -0.15) is 4.37 Å². The Labute approximate surface area is 143 Å². The minimum Gasteiger partial charge on any atom is -0.478 e. The summed E-state index contributed by atoms with van der Waals surface area (Å²) >= 11 is 6.84. The Balaban J connectivity index is 2.01. The molecule has 2 rings (SSSR count). The lowest BCUT2D eigenvalue weighted by Crippen LogP contribution is -2.42. The molecule has 122 valence electrons. The number of hydrogen-bond acceptors (Lipinski definition) is 6. The van der Waals surface area contributed by atoms with Gasteiger partial charge in [0.15, 0.2) is 11.4 Å². The maximum absolute atomic E-state index is 12.3. The predicted molar refractivity (Wildman–Crippen MR) is 89.1 cm³/mol. The fourth-order valence-electron chi connectivity index (χ4n) is 1.69. The summed E-state index contributed by atoms with van der Waals surface area (Å²) in [4.78, 5) is 27.5. The number of carbonyl (C=O) groups excluding carboxylic acids is 2. The van der Waals surface area contributed by atoms with Crippen molar-refractivity contribution in [1.82, 2.24) is 9.36 Å². The summed E-state index contributed by atoms with van der Waals surface area (Å²) in [6.07, 6.45) is 0.150. The monoisotopic (exact) mass is 353 g/mol. The van der Waals surface area contributed by atoms with Crippen LogP contribution in [0.4, 0.5) is 5.13 Å². The van der Waals surface area contributed by atoms with E-state index in [-0.39, 0.29) is 18.1 Å². The Morgan fingerprint density at radius 2 is 1.96 bits per heavy atom. The summed E-state index contributed by atoms with van der Waals surface area (Å²) in [6.45, 7) is 4.76. The molecule has 0 spiro atoms. The van der Waals surface area contributed by atoms with E-state index < -0.39 is 5.60 Å². The zero-order chi connectivity index (χ0) is 17.0. The van der Waals surface area contributed by atoms with Crippen molar-refractivity contribution in [2.45, 2.75) is 32.8 Å². The molecule has 1 heterocycles. The van der Waals surface area contributed by atoms with E-state index in [0.29, 0.717) is 21.7 Å². The van der Waals surface area contributed by atoms with Crippen LogP contribution in [0.5, 0.6) is 5.75 Å². The van der Waals surface area contributed by atoms with Crippen LogP contribution in [0.3, 0.4) is 0 Å². The van der Waals surface area contributed by atoms with Crippen LogP contribution in [0.25, 0.3) is 0 Å². The first-order chi connectivity index (χ1) is 10.8. The van der Waals surface area contributed by atoms with Crippen molar-refractivity contribution in [2.24, 2.45) is 0 Å². The Kier molecular flexibility index (Phi) is 5.33. The highest BCUT2D eigenvalue weighted by molar-refractivity contribution is 7.09. The lowest BCUT2D eigenvalue weighted by Gasteiger charge is -2.24. The number of ether oxygens (including phenoxy) is 1. The predicted octanol–water partition coefficient (Wildman–Crippen LogP) is 3.12. The van der Waals surface area contributed by atoms with Crippen LogP contribution >= 0.6 is 23.1 Å². The molecule has 0 aliphatic carbocycles. The van der Waals surface area contributed by atoms with Gasteiger partial charge in [-0.1, -0.05) is 11.6 Å². The van der Waals surface area contributed by atoms with Gasteiger partial charge in [0.25, 0.3) is 5.91 Å². The van der Waals surface area contributed by atoms with Crippen LogP contribution in [-0.2, 0) is 16.0 Å². The molecule has 0 atom stereocenters. The second kappa shape index (κ2) is 7.06. The molecule has 2 aromatic rings. The summed E-state index contributed by atoms with van der Waals surface area (Å²) in [5.41, 5.74) is -1.11. The number of aromatic nitrogens is 2. The van der Waals surface area contributed by atoms with Gasteiger partial charge in [-0.3, -0.25) is 14.9 Å². The number of ketones is 1. The van der Waals surface area contributed by atoms with Crippen LogP contribution in [0.2, 0.25) is 5.02 Å². The molecule has 1 N–H and O–H groups in total. The lowest BCUT2D eigenvalue weighted by molar-refractivity contribution is -0.128. The average molecular weight is 354 g/mol. The van der Waals surface area contributed by atoms with E-state index in [1.54, 1.807) is 38.1 Å². The lowest BCUT2D eigenvalue weighted by atomic mass is 10.1. The smallest absolute Gasteiger partial charge is 0.269 e. The van der Waals surface area contributed by atoms with Crippen LogP contribution in [0, 0.1) is 0 Å². The number of halogens is 1. The molecule has 0 fully saturated rings. The van der Waals surface area contributed by atoms with Crippen molar-refractivity contribution < 1.29 is 14.3 Å². The van der Waals surface area contributed by atoms with Crippen LogP contribution in [0.1, 0.15) is 26.6 Å². The van der Waals surface area contributed by atoms with Crippen LogP contribution in [0.15, 0.2) is 24.3 Å². The third-order valence-corrected chi connectivity index (χ3v) is 3.75. The molecule has 1 aromatic heterocycles. The molecule has 0 saturated carbocycles. The number of hydrogen-bond donors (Lipinski definition) is 1. The van der Waals surface area contributed by atoms with E-state index in [9.17, 15) is 9.59 Å². The Morgan fingerprint density at radius 1 is 1.30 bits per heavy atom. The van der Waals surface area contributed by atoms with E-state index in [4.69, 9.17) is 16.3 Å². The molecule has 1 amide bonds. The number of amides is 1. The van der Waals surface area contributed by atoms with Crippen molar-refractivity contribution in [3.05, 3.63) is 35.1 Å². The Hall–Kier alpha value is -1.99. The topological polar surface area (TPSA) is 81.2 Å². The number of carbonyl (C=O) groups is 2. The second-order valence-corrected chi connectivity index (χ2v) is 6.60. The van der Waals surface area contributed by atoms with E-state index in [1.165, 1.54) is 6.92 Å². The van der Waals surface area contributed by atoms with Gasteiger partial charge < -0.3 is 4.74 Å². The van der Waals surface area contributed by atoms with E-state index in [2.05, 4.69) is 14.7 Å². The van der Waals surface area contributed by atoms with Gasteiger partial charge in [0, 0.05) is 16.6 Å². The molecule has 0 unspecified atom stereocenters. The fourth-order valence-corrected chi connectivity index (χ4v) is 2.40. The minimum absolute atomic E-state index is 0.0351. The van der Waals surface area contributed by atoms with Gasteiger partial charge in [0.2, 0.25) is 5.13 Å². The van der Waals surface area contributed by atoms with Crippen molar-refractivity contribution in [3.8, 4) is 5.75 Å². The van der Waals surface area contributed by atoms with Crippen molar-refractivity contribution >= 4 is 40.0 Å². The molecule has 8 heteroatoms.